The van der Waals surface area contributed by atoms with Gasteiger partial charge in [-0.15, -0.1) is 0 Å². The lowest BCUT2D eigenvalue weighted by Crippen LogP contribution is -2.24. The molecule has 0 N–H and O–H groups in total. The standard InChI is InChI=1S/C40H28N3OP/c1-40(2,3)24-17-18-41-21-33-36-27(12-13-28-26-10-6-7-11-31(26)43(38(28)36)34(41)20-24)30-22-44-32-15-14-29-37-25-9-5-4-8-23(25)16-19-42(37)45(33)39(29)35(30)32/h4-22H,1-3H3/q+2. The lowest BCUT2D eigenvalue weighted by atomic mass is 9.88. The number of para-hydroxylation sites is 1. The molecule has 0 radical (unpaired) electrons. The Morgan fingerprint density at radius 2 is 1.51 bits per heavy atom. The molecule has 0 bridgehead atoms. The number of benzene rings is 4. The third kappa shape index (κ3) is 2.85. The molecular weight excluding hydrogens is 569 g/mol. The van der Waals surface area contributed by atoms with E-state index in [4.69, 9.17) is 4.42 Å². The number of nitrogens with zero attached hydrogens (tertiary/aromatic N) is 3. The van der Waals surface area contributed by atoms with E-state index in [1.165, 1.54) is 86.5 Å². The first-order chi connectivity index (χ1) is 22.0. The smallest absolute Gasteiger partial charge is 0.291 e. The van der Waals surface area contributed by atoms with Crippen molar-refractivity contribution in [2.24, 2.45) is 0 Å². The highest BCUT2D eigenvalue weighted by Gasteiger charge is 2.31. The Bertz CT molecular complexity index is 3080. The fraction of sp³-hybridized carbons (Fsp3) is 0.100. The highest BCUT2D eigenvalue weighted by molar-refractivity contribution is 7.51. The molecule has 0 fully saturated rings. The molecule has 7 heterocycles. The maximum atomic E-state index is 6.36. The Labute approximate surface area is 258 Å². The molecule has 0 aliphatic rings. The van der Waals surface area contributed by atoms with E-state index >= 15 is 0 Å². The van der Waals surface area contributed by atoms with E-state index in [2.05, 4.69) is 143 Å². The molecule has 0 saturated heterocycles. The van der Waals surface area contributed by atoms with Crippen LogP contribution in [0.3, 0.4) is 0 Å². The van der Waals surface area contributed by atoms with Crippen molar-refractivity contribution in [3.05, 3.63) is 121 Å². The Balaban J connectivity index is 1.57. The minimum Gasteiger partial charge on any atom is -0.464 e. The van der Waals surface area contributed by atoms with E-state index in [0.29, 0.717) is 0 Å². The van der Waals surface area contributed by atoms with Gasteiger partial charge in [-0.1, -0.05) is 57.2 Å². The summed E-state index contributed by atoms with van der Waals surface area (Å²) in [6, 6.07) is 33.8. The Kier molecular flexibility index (Phi) is 4.25. The summed E-state index contributed by atoms with van der Waals surface area (Å²) in [5.74, 6) is 0. The Morgan fingerprint density at radius 1 is 0.711 bits per heavy atom. The minimum absolute atomic E-state index is 0.0221. The van der Waals surface area contributed by atoms with Gasteiger partial charge in [0, 0.05) is 33.7 Å². The lowest BCUT2D eigenvalue weighted by molar-refractivity contribution is -0.512. The van der Waals surface area contributed by atoms with Gasteiger partial charge in [-0.05, 0) is 64.2 Å². The van der Waals surface area contributed by atoms with Gasteiger partial charge in [0.15, 0.2) is 13.7 Å². The third-order valence-corrected chi connectivity index (χ3v) is 12.6. The van der Waals surface area contributed by atoms with Crippen LogP contribution in [0.1, 0.15) is 26.3 Å². The number of hydrogen-bond acceptors (Lipinski definition) is 1. The fourth-order valence-corrected chi connectivity index (χ4v) is 10.9. The van der Waals surface area contributed by atoms with Gasteiger partial charge in [-0.3, -0.25) is 0 Å². The van der Waals surface area contributed by atoms with Crippen LogP contribution < -0.4 is 8.56 Å². The average molecular weight is 598 g/mol. The van der Waals surface area contributed by atoms with Gasteiger partial charge in [0.2, 0.25) is 5.52 Å². The summed E-state index contributed by atoms with van der Waals surface area (Å²) in [6.45, 7) is 6.90. The zero-order valence-corrected chi connectivity index (χ0v) is 26.1. The first kappa shape index (κ1) is 24.2. The number of hydrogen-bond donors (Lipinski definition) is 0. The molecule has 0 spiro atoms. The van der Waals surface area contributed by atoms with Gasteiger partial charge in [0.1, 0.15) is 27.9 Å². The molecule has 212 valence electrons. The van der Waals surface area contributed by atoms with Crippen molar-refractivity contribution in [1.29, 1.82) is 0 Å². The molecule has 0 aliphatic heterocycles. The molecular formula is C40H28N3OP+2. The molecule has 0 aliphatic carbocycles. The molecule has 0 saturated carbocycles. The van der Waals surface area contributed by atoms with E-state index in [-0.39, 0.29) is 5.41 Å². The van der Waals surface area contributed by atoms with Gasteiger partial charge < -0.3 is 4.42 Å². The lowest BCUT2D eigenvalue weighted by Gasteiger charge is -2.17. The largest absolute Gasteiger partial charge is 0.464 e. The molecule has 45 heavy (non-hydrogen) atoms. The summed E-state index contributed by atoms with van der Waals surface area (Å²) in [4.78, 5) is 0. The van der Waals surface area contributed by atoms with Crippen molar-refractivity contribution in [2.45, 2.75) is 26.2 Å². The zero-order chi connectivity index (χ0) is 29.8. The summed E-state index contributed by atoms with van der Waals surface area (Å²) in [5, 5.41) is 14.2. The predicted octanol–water partition coefficient (Wildman–Crippen LogP) is 10.1. The SMILES string of the molecule is CC(C)(C)c1cc[n+]2cc3c4c(ccc5c6ccccc6n(c54)c2c1)c1coc2ccc4c5c6ccccc6cc[n+]5p3c4c21. The molecule has 11 rings (SSSR count). The summed E-state index contributed by atoms with van der Waals surface area (Å²) >= 11 is 0. The van der Waals surface area contributed by atoms with Crippen LogP contribution in [0.2, 0.25) is 0 Å². The van der Waals surface area contributed by atoms with Crippen LogP contribution in [0.5, 0.6) is 0 Å². The molecule has 1 atom stereocenters. The fourth-order valence-electron chi connectivity index (χ4n) is 8.10. The number of rotatable bonds is 0. The zero-order valence-electron chi connectivity index (χ0n) is 25.2. The molecule has 7 aromatic heterocycles. The second-order valence-electron chi connectivity index (χ2n) is 13.6. The van der Waals surface area contributed by atoms with Crippen LogP contribution in [0.15, 0.2) is 120 Å². The second-order valence-corrected chi connectivity index (χ2v) is 15.6. The Morgan fingerprint density at radius 3 is 2.40 bits per heavy atom. The number of fused-ring (bicyclic) bond motifs is 12. The van der Waals surface area contributed by atoms with Gasteiger partial charge in [0.05, 0.1) is 33.7 Å². The van der Waals surface area contributed by atoms with Crippen LogP contribution in [-0.2, 0) is 5.41 Å². The first-order valence-electron chi connectivity index (χ1n) is 15.6. The quantitative estimate of drug-likeness (QED) is 0.160. The summed E-state index contributed by atoms with van der Waals surface area (Å²) in [6.07, 6.45) is 9.05. The third-order valence-electron chi connectivity index (χ3n) is 10.2. The summed E-state index contributed by atoms with van der Waals surface area (Å²) < 4.78 is 13.8. The van der Waals surface area contributed by atoms with E-state index < -0.39 is 7.50 Å². The van der Waals surface area contributed by atoms with Crippen molar-refractivity contribution < 1.29 is 13.0 Å². The van der Waals surface area contributed by atoms with Gasteiger partial charge >= 0.3 is 0 Å². The van der Waals surface area contributed by atoms with Crippen LogP contribution in [0.25, 0.3) is 86.5 Å². The second kappa shape index (κ2) is 7.90. The van der Waals surface area contributed by atoms with Crippen LogP contribution in [-0.4, -0.2) is 4.40 Å². The first-order valence-corrected chi connectivity index (χ1v) is 16.9. The highest BCUT2D eigenvalue weighted by atomic mass is 31.1. The van der Waals surface area contributed by atoms with Crippen molar-refractivity contribution in [2.75, 3.05) is 0 Å². The number of pyridine rings is 2. The molecule has 5 heteroatoms. The highest BCUT2D eigenvalue weighted by Crippen LogP contribution is 2.51. The molecule has 11 aromatic rings. The van der Waals surface area contributed by atoms with Crippen molar-refractivity contribution in [3.8, 4) is 0 Å². The molecule has 4 aromatic carbocycles. The van der Waals surface area contributed by atoms with E-state index in [0.717, 1.165) is 5.58 Å². The summed E-state index contributed by atoms with van der Waals surface area (Å²) in [5.41, 5.74) is 7.29. The van der Waals surface area contributed by atoms with Crippen molar-refractivity contribution >= 4 is 94.0 Å². The normalized spacial score (nSPS) is 13.6. The van der Waals surface area contributed by atoms with E-state index in [1.54, 1.807) is 0 Å². The Hall–Kier alpha value is -5.18. The minimum atomic E-state index is -0.968. The predicted molar refractivity (Wildman–Crippen MR) is 187 cm³/mol. The molecule has 1 unspecified atom stereocenters. The van der Waals surface area contributed by atoms with E-state index in [9.17, 15) is 0 Å². The van der Waals surface area contributed by atoms with Crippen molar-refractivity contribution in [1.82, 2.24) is 4.40 Å². The molecule has 4 nitrogen and oxygen atoms in total. The van der Waals surface area contributed by atoms with Gasteiger partial charge in [0.25, 0.3) is 5.65 Å². The van der Waals surface area contributed by atoms with Crippen LogP contribution in [0.4, 0.5) is 0 Å². The monoisotopic (exact) mass is 597 g/mol. The summed E-state index contributed by atoms with van der Waals surface area (Å²) in [7, 11) is -0.968. The van der Waals surface area contributed by atoms with Gasteiger partial charge in [-0.2, -0.15) is 8.56 Å². The molecule has 0 amide bonds. The van der Waals surface area contributed by atoms with Crippen LogP contribution >= 0.6 is 7.50 Å². The van der Waals surface area contributed by atoms with Gasteiger partial charge in [-0.25, -0.2) is 4.40 Å². The maximum absolute atomic E-state index is 6.36. The van der Waals surface area contributed by atoms with Crippen molar-refractivity contribution in [3.63, 3.8) is 0 Å². The van der Waals surface area contributed by atoms with Crippen LogP contribution in [0, 0.1) is 0 Å². The topological polar surface area (TPSA) is 25.8 Å². The maximum Gasteiger partial charge on any atom is 0.291 e. The van der Waals surface area contributed by atoms with E-state index in [1.807, 2.05) is 6.26 Å². The average Bonchev–Trinajstić information content (AvgIpc) is 3.67. The number of aromatic nitrogens is 3. The number of furan rings is 1.